The lowest BCUT2D eigenvalue weighted by atomic mass is 9.85. The number of hydrogen-bond acceptors (Lipinski definition) is 10. The number of hydrogen-bond donors (Lipinski definition) is 4. The van der Waals surface area contributed by atoms with Gasteiger partial charge in [0.1, 0.15) is 30.3 Å². The molecule has 80 heavy (non-hydrogen) atoms. The number of carbonyl (C=O) groups is 5. The second kappa shape index (κ2) is 45.1. The van der Waals surface area contributed by atoms with Crippen molar-refractivity contribution in [2.45, 2.75) is 228 Å². The molecule has 17 heteroatoms. The van der Waals surface area contributed by atoms with Crippen LogP contribution in [0.5, 0.6) is 0 Å². The Morgan fingerprint density at radius 3 is 1.60 bits per heavy atom. The lowest BCUT2D eigenvalue weighted by Crippen LogP contribution is -2.48. The van der Waals surface area contributed by atoms with Gasteiger partial charge < -0.3 is 44.9 Å². The topological polar surface area (TPSA) is 184 Å². The molecule has 0 aliphatic heterocycles. The number of methoxy groups -OCH3 is 1. The molecule has 0 spiro atoms. The van der Waals surface area contributed by atoms with Crippen LogP contribution in [0.3, 0.4) is 0 Å². The molecule has 3 rings (SSSR count). The molecule has 0 fully saturated rings. The number of rotatable bonds is 32. The predicted octanol–water partition coefficient (Wildman–Crippen LogP) is 15.4. The third-order valence-corrected chi connectivity index (χ3v) is 12.8. The van der Waals surface area contributed by atoms with E-state index in [1.807, 2.05) is 44.2 Å². The zero-order valence-corrected chi connectivity index (χ0v) is 48.2. The number of unbranched alkanes of at least 4 members (excludes halogenated alkanes) is 8. The SMILES string of the molecule is C.C.C.CCCCCCCC(O)(/C=C/C(NC(=O)OCc1ccccc1)C(=O)OC)CCC.CCCCCCCC(O)(CCC)CCC(NC(=O)N(C)Cc1ccc(F)cc1)C(=O)OC(C)C.CN(Cc1ccc(F)cc1)C(=O)Cl. The quantitative estimate of drug-likeness (QED) is 0.0117. The Hall–Kier alpha value is -5.58. The molecule has 0 bridgehead atoms. The Kier molecular flexibility index (Phi) is 44.3. The Morgan fingerprint density at radius 2 is 1.12 bits per heavy atom. The first kappa shape index (κ1) is 78.6. The van der Waals surface area contributed by atoms with E-state index in [4.69, 9.17) is 25.8 Å². The molecule has 0 aliphatic carbocycles. The van der Waals surface area contributed by atoms with Gasteiger partial charge >= 0.3 is 29.4 Å². The molecule has 0 saturated carbocycles. The largest absolute Gasteiger partial charge is 0.467 e. The molecule has 4 atom stereocenters. The second-order valence-electron chi connectivity index (χ2n) is 20.0. The van der Waals surface area contributed by atoms with E-state index >= 15 is 0 Å². The molecule has 0 aliphatic rings. The highest BCUT2D eigenvalue weighted by Gasteiger charge is 2.31. The van der Waals surface area contributed by atoms with E-state index in [1.54, 1.807) is 58.3 Å². The molecule has 0 radical (unpaired) electrons. The fourth-order valence-corrected chi connectivity index (χ4v) is 8.29. The Morgan fingerprint density at radius 1 is 0.625 bits per heavy atom. The standard InChI is InChI=1S/C27H45FN2O4.C24H37NO5.C9H9ClFNO.3CH4/c1-6-8-9-10-11-18-27(33,17-7-2)19-16-24(25(31)34-21(3)4)29-26(32)30(5)20-22-12-14-23(28)15-13-22;1-4-6-7-8-12-17-24(28,16-5-2)18-15-21(22(26)29-3)25-23(27)30-19-20-13-10-9-11-14-20;1-12(9(10)13)6-7-2-4-8(11)5-3-7;;;/h12-15,21,24,33H,6-11,16-20H2,1-5H3,(H,29,32);9-11,13-15,18,21,28H,4-8,12,16-17,19H2,1-3H3,(H,25,27);2-5H,6H2,1H3;3*1H4/b;18-15+;;;;. The molecule has 4 amide bonds. The number of esters is 2. The van der Waals surface area contributed by atoms with Gasteiger partial charge in [0, 0.05) is 27.2 Å². The van der Waals surface area contributed by atoms with Crippen molar-refractivity contribution in [1.29, 1.82) is 0 Å². The summed E-state index contributed by atoms with van der Waals surface area (Å²) in [5, 5.41) is 27.0. The predicted molar refractivity (Wildman–Crippen MR) is 321 cm³/mol. The van der Waals surface area contributed by atoms with Gasteiger partial charge in [-0.1, -0.05) is 194 Å². The number of benzene rings is 3. The van der Waals surface area contributed by atoms with Gasteiger partial charge in [0.25, 0.3) is 0 Å². The summed E-state index contributed by atoms with van der Waals surface area (Å²) in [4.78, 5) is 63.2. The number of alkyl carbamates (subject to hydrolysis) is 1. The summed E-state index contributed by atoms with van der Waals surface area (Å²) >= 11 is 5.22. The maximum atomic E-state index is 13.2. The molecule has 456 valence electrons. The minimum atomic E-state index is -1.03. The summed E-state index contributed by atoms with van der Waals surface area (Å²) in [5.41, 5.74) is 0.599. The van der Waals surface area contributed by atoms with E-state index in [-0.39, 0.29) is 53.2 Å². The highest BCUT2D eigenvalue weighted by atomic mass is 35.5. The highest BCUT2D eigenvalue weighted by Crippen LogP contribution is 2.28. The van der Waals surface area contributed by atoms with Crippen LogP contribution in [0.25, 0.3) is 0 Å². The Balaban J connectivity index is -0.00000118. The average molecular weight is 1150 g/mol. The first-order chi connectivity index (χ1) is 36.6. The Bertz CT molecular complexity index is 2140. The van der Waals surface area contributed by atoms with Crippen molar-refractivity contribution in [3.8, 4) is 0 Å². The van der Waals surface area contributed by atoms with E-state index in [9.17, 15) is 43.0 Å². The van der Waals surface area contributed by atoms with Gasteiger partial charge in [-0.2, -0.15) is 0 Å². The number of aliphatic hydroxyl groups is 2. The molecule has 4 unspecified atom stereocenters. The second-order valence-corrected chi connectivity index (χ2v) is 20.3. The van der Waals surface area contributed by atoms with Crippen LogP contribution >= 0.6 is 11.6 Å². The fourth-order valence-electron chi connectivity index (χ4n) is 8.23. The van der Waals surface area contributed by atoms with Crippen molar-refractivity contribution >= 4 is 41.0 Å². The van der Waals surface area contributed by atoms with E-state index in [0.29, 0.717) is 45.1 Å². The maximum Gasteiger partial charge on any atom is 0.408 e. The number of nitrogens with one attached hydrogen (secondary N) is 2. The first-order valence-corrected chi connectivity index (χ1v) is 27.8. The van der Waals surface area contributed by atoms with E-state index in [0.717, 1.165) is 61.6 Å². The highest BCUT2D eigenvalue weighted by molar-refractivity contribution is 6.62. The summed E-state index contributed by atoms with van der Waals surface area (Å²) < 4.78 is 41.0. The summed E-state index contributed by atoms with van der Waals surface area (Å²) in [5.74, 6) is -1.74. The summed E-state index contributed by atoms with van der Waals surface area (Å²) in [6.45, 7) is 12.7. The lowest BCUT2D eigenvalue weighted by Gasteiger charge is -2.30. The molecular weight excluding hydrogens is 1050 g/mol. The van der Waals surface area contributed by atoms with Gasteiger partial charge in [-0.25, -0.2) is 28.0 Å². The number of halogens is 3. The maximum absolute atomic E-state index is 13.2. The molecule has 0 aromatic heterocycles. The van der Waals surface area contributed by atoms with Crippen LogP contribution in [0, 0.1) is 11.6 Å². The number of ether oxygens (including phenoxy) is 3. The Labute approximate surface area is 485 Å². The van der Waals surface area contributed by atoms with Gasteiger partial charge in [-0.05, 0) is 105 Å². The zero-order valence-electron chi connectivity index (χ0n) is 47.4. The van der Waals surface area contributed by atoms with Gasteiger partial charge in [0.2, 0.25) is 0 Å². The smallest absolute Gasteiger partial charge is 0.408 e. The average Bonchev–Trinajstić information content (AvgIpc) is 3.39. The van der Waals surface area contributed by atoms with Gasteiger partial charge in [-0.3, -0.25) is 4.79 Å². The first-order valence-electron chi connectivity index (χ1n) is 27.4. The van der Waals surface area contributed by atoms with Gasteiger partial charge in [0.05, 0.1) is 24.4 Å². The molecule has 4 N–H and O–H groups in total. The van der Waals surface area contributed by atoms with Crippen LogP contribution < -0.4 is 10.6 Å². The van der Waals surface area contributed by atoms with Crippen molar-refractivity contribution in [3.05, 3.63) is 119 Å². The minimum Gasteiger partial charge on any atom is -0.467 e. The van der Waals surface area contributed by atoms with Gasteiger partial charge in [0.15, 0.2) is 0 Å². The molecule has 0 saturated heterocycles. The fraction of sp³-hybridized carbons (Fsp3) is 0.603. The molecule has 0 heterocycles. The van der Waals surface area contributed by atoms with Crippen LogP contribution in [-0.4, -0.2) is 100 Å². The van der Waals surface area contributed by atoms with Crippen LogP contribution in [-0.2, 0) is 43.5 Å². The van der Waals surface area contributed by atoms with Crippen molar-refractivity contribution in [2.75, 3.05) is 21.2 Å². The van der Waals surface area contributed by atoms with Crippen molar-refractivity contribution in [1.82, 2.24) is 20.4 Å². The normalized spacial score (nSPS) is 12.8. The van der Waals surface area contributed by atoms with Crippen molar-refractivity contribution in [2.24, 2.45) is 0 Å². The third-order valence-electron chi connectivity index (χ3n) is 12.5. The van der Waals surface area contributed by atoms with Crippen LogP contribution in [0.2, 0.25) is 0 Å². The van der Waals surface area contributed by atoms with Gasteiger partial charge in [-0.15, -0.1) is 0 Å². The van der Waals surface area contributed by atoms with Crippen molar-refractivity contribution in [3.63, 3.8) is 0 Å². The van der Waals surface area contributed by atoms with E-state index < -0.39 is 52.7 Å². The van der Waals surface area contributed by atoms with E-state index in [2.05, 4.69) is 24.5 Å². The van der Waals surface area contributed by atoms with Crippen LogP contribution in [0.15, 0.2) is 91.0 Å². The summed E-state index contributed by atoms with van der Waals surface area (Å²) in [6, 6.07) is 18.8. The number of nitrogens with zero attached hydrogens (tertiary/aromatic N) is 2. The van der Waals surface area contributed by atoms with Crippen LogP contribution in [0.1, 0.15) is 196 Å². The van der Waals surface area contributed by atoms with Crippen molar-refractivity contribution < 1.29 is 57.2 Å². The number of urea groups is 1. The summed E-state index contributed by atoms with van der Waals surface area (Å²) in [6.07, 6.45) is 18.1. The molecule has 3 aromatic carbocycles. The molecule has 3 aromatic rings. The molecule has 14 nitrogen and oxygen atoms in total. The molecular formula is C63H103ClF2N4O10. The minimum absolute atomic E-state index is 0. The third kappa shape index (κ3) is 35.9. The number of amides is 4. The monoisotopic (exact) mass is 1150 g/mol. The lowest BCUT2D eigenvalue weighted by molar-refractivity contribution is -0.150. The zero-order chi connectivity index (χ0) is 57.7. The summed E-state index contributed by atoms with van der Waals surface area (Å²) in [7, 11) is 4.46. The van der Waals surface area contributed by atoms with Crippen LogP contribution in [0.4, 0.5) is 23.2 Å². The number of carbonyl (C=O) groups excluding carboxylic acids is 5. The van der Waals surface area contributed by atoms with E-state index in [1.165, 1.54) is 79.4 Å².